The van der Waals surface area contributed by atoms with Gasteiger partial charge in [0.2, 0.25) is 10.0 Å². The molecule has 6 heteroatoms. The van der Waals surface area contributed by atoms with Crippen LogP contribution in [-0.4, -0.2) is 49.7 Å². The van der Waals surface area contributed by atoms with E-state index in [0.29, 0.717) is 36.6 Å². The van der Waals surface area contributed by atoms with Gasteiger partial charge in [0.1, 0.15) is 0 Å². The van der Waals surface area contributed by atoms with E-state index in [2.05, 4.69) is 20.8 Å². The van der Waals surface area contributed by atoms with E-state index in [0.717, 1.165) is 5.56 Å². The summed E-state index contributed by atoms with van der Waals surface area (Å²) in [4.78, 5) is 14.5. The molecule has 0 aliphatic carbocycles. The van der Waals surface area contributed by atoms with Crippen LogP contribution in [-0.2, 0) is 15.4 Å². The van der Waals surface area contributed by atoms with Crippen LogP contribution in [0.25, 0.3) is 0 Å². The van der Waals surface area contributed by atoms with E-state index in [1.807, 2.05) is 30.3 Å². The first-order valence-electron chi connectivity index (χ1n) is 9.14. The van der Waals surface area contributed by atoms with Gasteiger partial charge in [0.15, 0.2) is 0 Å². The molecule has 1 amide bonds. The zero-order chi connectivity index (χ0) is 19.7. The lowest BCUT2D eigenvalue weighted by atomic mass is 9.87. The van der Waals surface area contributed by atoms with Crippen molar-refractivity contribution < 1.29 is 13.2 Å². The minimum atomic E-state index is -3.54. The fourth-order valence-electron chi connectivity index (χ4n) is 3.17. The highest BCUT2D eigenvalue weighted by Crippen LogP contribution is 2.25. The third-order valence-electron chi connectivity index (χ3n) is 4.90. The molecule has 0 aromatic heterocycles. The van der Waals surface area contributed by atoms with Gasteiger partial charge in [-0.25, -0.2) is 8.42 Å². The van der Waals surface area contributed by atoms with Crippen molar-refractivity contribution in [3.05, 3.63) is 65.7 Å². The molecule has 0 atom stereocenters. The van der Waals surface area contributed by atoms with Crippen molar-refractivity contribution in [2.45, 2.75) is 31.1 Å². The number of hydrogen-bond acceptors (Lipinski definition) is 3. The summed E-state index contributed by atoms with van der Waals surface area (Å²) in [5.74, 6) is -0.0535. The predicted octanol–water partition coefficient (Wildman–Crippen LogP) is 3.13. The maximum atomic E-state index is 12.9. The molecule has 144 valence electrons. The summed E-state index contributed by atoms with van der Waals surface area (Å²) in [5.41, 5.74) is 1.71. The molecule has 27 heavy (non-hydrogen) atoms. The summed E-state index contributed by atoms with van der Waals surface area (Å²) in [7, 11) is -3.54. The van der Waals surface area contributed by atoms with E-state index in [1.54, 1.807) is 29.2 Å². The lowest BCUT2D eigenvalue weighted by Crippen LogP contribution is -2.50. The minimum absolute atomic E-state index is 0.0221. The molecule has 5 nitrogen and oxygen atoms in total. The molecular weight excluding hydrogens is 360 g/mol. The van der Waals surface area contributed by atoms with Crippen molar-refractivity contribution in [1.29, 1.82) is 0 Å². The number of carbonyl (C=O) groups excluding carboxylic acids is 1. The van der Waals surface area contributed by atoms with Crippen LogP contribution in [0.3, 0.4) is 0 Å². The Morgan fingerprint density at radius 1 is 0.852 bits per heavy atom. The summed E-state index contributed by atoms with van der Waals surface area (Å²) in [6.45, 7) is 7.70. The van der Waals surface area contributed by atoms with Gasteiger partial charge in [-0.3, -0.25) is 4.79 Å². The summed E-state index contributed by atoms with van der Waals surface area (Å²) in [5, 5.41) is 0. The van der Waals surface area contributed by atoms with Gasteiger partial charge in [-0.05, 0) is 35.2 Å². The molecule has 0 saturated carbocycles. The number of hydrogen-bond donors (Lipinski definition) is 0. The molecule has 2 aromatic rings. The fourth-order valence-corrected chi connectivity index (χ4v) is 4.59. The van der Waals surface area contributed by atoms with Gasteiger partial charge in [0.05, 0.1) is 4.90 Å². The molecular formula is C21H26N2O3S. The van der Waals surface area contributed by atoms with Crippen LogP contribution in [0.4, 0.5) is 0 Å². The molecule has 2 aromatic carbocycles. The smallest absolute Gasteiger partial charge is 0.253 e. The van der Waals surface area contributed by atoms with Crippen molar-refractivity contribution in [3.8, 4) is 0 Å². The van der Waals surface area contributed by atoms with Crippen LogP contribution in [0.1, 0.15) is 36.7 Å². The zero-order valence-corrected chi connectivity index (χ0v) is 16.9. The molecule has 1 fully saturated rings. The molecule has 0 spiro atoms. The van der Waals surface area contributed by atoms with E-state index in [-0.39, 0.29) is 11.3 Å². The van der Waals surface area contributed by atoms with Gasteiger partial charge in [0.25, 0.3) is 5.91 Å². The van der Waals surface area contributed by atoms with Crippen LogP contribution in [0, 0.1) is 0 Å². The van der Waals surface area contributed by atoms with Crippen molar-refractivity contribution in [2.75, 3.05) is 26.2 Å². The standard InChI is InChI=1S/C21H26N2O3S/c1-21(2,3)18-9-11-19(12-10-18)27(25,26)23-15-13-22(14-16-23)20(24)17-7-5-4-6-8-17/h4-12H,13-16H2,1-3H3. The van der Waals surface area contributed by atoms with Crippen LogP contribution in [0.2, 0.25) is 0 Å². The van der Waals surface area contributed by atoms with E-state index < -0.39 is 10.0 Å². The topological polar surface area (TPSA) is 57.7 Å². The molecule has 3 rings (SSSR count). The Hall–Kier alpha value is -2.18. The van der Waals surface area contributed by atoms with Crippen LogP contribution < -0.4 is 0 Å². The normalized spacial score (nSPS) is 16.3. The van der Waals surface area contributed by atoms with E-state index in [9.17, 15) is 13.2 Å². The number of benzene rings is 2. The Balaban J connectivity index is 1.69. The number of carbonyl (C=O) groups is 1. The van der Waals surface area contributed by atoms with Crippen molar-refractivity contribution >= 4 is 15.9 Å². The van der Waals surface area contributed by atoms with E-state index in [4.69, 9.17) is 0 Å². The average molecular weight is 387 g/mol. The Bertz CT molecular complexity index is 893. The first-order valence-corrected chi connectivity index (χ1v) is 10.6. The third kappa shape index (κ3) is 4.22. The zero-order valence-electron chi connectivity index (χ0n) is 16.1. The average Bonchev–Trinajstić information content (AvgIpc) is 2.67. The second kappa shape index (κ2) is 7.44. The highest BCUT2D eigenvalue weighted by Gasteiger charge is 2.30. The first-order chi connectivity index (χ1) is 12.7. The van der Waals surface area contributed by atoms with E-state index >= 15 is 0 Å². The second-order valence-corrected chi connectivity index (χ2v) is 9.77. The highest BCUT2D eigenvalue weighted by molar-refractivity contribution is 7.89. The molecule has 1 saturated heterocycles. The fraction of sp³-hybridized carbons (Fsp3) is 0.381. The number of amides is 1. The van der Waals surface area contributed by atoms with Crippen LogP contribution in [0.5, 0.6) is 0 Å². The quantitative estimate of drug-likeness (QED) is 0.814. The monoisotopic (exact) mass is 386 g/mol. The Kier molecular flexibility index (Phi) is 5.40. The van der Waals surface area contributed by atoms with Gasteiger partial charge in [-0.15, -0.1) is 0 Å². The number of rotatable bonds is 3. The molecule has 0 unspecified atom stereocenters. The van der Waals surface area contributed by atoms with E-state index in [1.165, 1.54) is 4.31 Å². The van der Waals surface area contributed by atoms with Crippen LogP contribution in [0.15, 0.2) is 59.5 Å². The van der Waals surface area contributed by atoms with Gasteiger partial charge in [-0.1, -0.05) is 51.1 Å². The molecule has 0 N–H and O–H groups in total. The lowest BCUT2D eigenvalue weighted by Gasteiger charge is -2.34. The Labute approximate surface area is 161 Å². The number of sulfonamides is 1. The number of piperazine rings is 1. The highest BCUT2D eigenvalue weighted by atomic mass is 32.2. The van der Waals surface area contributed by atoms with Gasteiger partial charge >= 0.3 is 0 Å². The summed E-state index contributed by atoms with van der Waals surface area (Å²) < 4.78 is 27.3. The largest absolute Gasteiger partial charge is 0.336 e. The first kappa shape index (κ1) is 19.6. The SMILES string of the molecule is CC(C)(C)c1ccc(S(=O)(=O)N2CCN(C(=O)c3ccccc3)CC2)cc1. The maximum absolute atomic E-state index is 12.9. The van der Waals surface area contributed by atoms with Gasteiger partial charge in [-0.2, -0.15) is 4.31 Å². The Morgan fingerprint density at radius 3 is 1.93 bits per heavy atom. The third-order valence-corrected chi connectivity index (χ3v) is 6.82. The summed E-state index contributed by atoms with van der Waals surface area (Å²) in [6, 6.07) is 16.2. The van der Waals surface area contributed by atoms with Crippen molar-refractivity contribution in [2.24, 2.45) is 0 Å². The van der Waals surface area contributed by atoms with Crippen LogP contribution >= 0.6 is 0 Å². The summed E-state index contributed by atoms with van der Waals surface area (Å²) >= 11 is 0. The summed E-state index contributed by atoms with van der Waals surface area (Å²) in [6.07, 6.45) is 0. The van der Waals surface area contributed by atoms with Crippen molar-refractivity contribution in [3.63, 3.8) is 0 Å². The van der Waals surface area contributed by atoms with Gasteiger partial charge < -0.3 is 4.90 Å². The molecule has 0 bridgehead atoms. The molecule has 1 aliphatic heterocycles. The maximum Gasteiger partial charge on any atom is 0.253 e. The number of nitrogens with zero attached hydrogens (tertiary/aromatic N) is 2. The molecule has 0 radical (unpaired) electrons. The predicted molar refractivity (Wildman–Crippen MR) is 106 cm³/mol. The lowest BCUT2D eigenvalue weighted by molar-refractivity contribution is 0.0698. The molecule has 1 heterocycles. The minimum Gasteiger partial charge on any atom is -0.336 e. The van der Waals surface area contributed by atoms with Crippen molar-refractivity contribution in [1.82, 2.24) is 9.21 Å². The van der Waals surface area contributed by atoms with Gasteiger partial charge in [0, 0.05) is 31.7 Å². The Morgan fingerprint density at radius 2 is 1.41 bits per heavy atom. The molecule has 1 aliphatic rings. The second-order valence-electron chi connectivity index (χ2n) is 7.84.